The fourth-order valence-corrected chi connectivity index (χ4v) is 5.28. The van der Waals surface area contributed by atoms with Crippen LogP contribution in [0.4, 0.5) is 0 Å². The molecule has 10 atom stereocenters. The van der Waals surface area contributed by atoms with E-state index < -0.39 is 85.8 Å². The van der Waals surface area contributed by atoms with Gasteiger partial charge >= 0.3 is 0 Å². The molecule has 17 heteroatoms. The Labute approximate surface area is 259 Å². The number of aliphatic hydroxyl groups excluding tert-OH is 7. The minimum Gasteiger partial charge on any atom is -0.507 e. The summed E-state index contributed by atoms with van der Waals surface area (Å²) in [5.41, 5.74) is -0.511. The summed E-state index contributed by atoms with van der Waals surface area (Å²) in [7, 11) is 2.64. The van der Waals surface area contributed by atoms with Crippen molar-refractivity contribution in [3.63, 3.8) is 0 Å². The van der Waals surface area contributed by atoms with Crippen LogP contribution in [0.15, 0.2) is 39.5 Å². The first-order chi connectivity index (χ1) is 21.9. The molecule has 3 aromatic rings. The predicted molar refractivity (Wildman–Crippen MR) is 151 cm³/mol. The average Bonchev–Trinajstić information content (AvgIpc) is 3.04. The molecule has 2 aliphatic heterocycles. The molecule has 10 unspecified atom stereocenters. The SMILES string of the molecule is COc1cc(-c2cc(=O)c3c(O)cc(OC4OC(CO)C(OC5OC(CO)C(O)C(O)C5O)C(O)C4O)cc3o2)cc(OC)c1O. The van der Waals surface area contributed by atoms with E-state index >= 15 is 0 Å². The maximum absolute atomic E-state index is 13.0. The van der Waals surface area contributed by atoms with Crippen molar-refractivity contribution in [1.82, 2.24) is 0 Å². The van der Waals surface area contributed by atoms with E-state index in [0.29, 0.717) is 0 Å². The Morgan fingerprint density at radius 1 is 0.739 bits per heavy atom. The van der Waals surface area contributed by atoms with E-state index in [4.69, 9.17) is 32.8 Å². The largest absolute Gasteiger partial charge is 0.507 e. The van der Waals surface area contributed by atoms with Gasteiger partial charge in [-0.15, -0.1) is 0 Å². The summed E-state index contributed by atoms with van der Waals surface area (Å²) < 4.78 is 38.3. The number of aromatic hydroxyl groups is 2. The van der Waals surface area contributed by atoms with Crippen LogP contribution in [0.2, 0.25) is 0 Å². The minimum absolute atomic E-state index is 0.00329. The molecule has 2 fully saturated rings. The van der Waals surface area contributed by atoms with Crippen LogP contribution in [-0.4, -0.2) is 135 Å². The Kier molecular flexibility index (Phi) is 9.89. The smallest absolute Gasteiger partial charge is 0.229 e. The molecule has 0 amide bonds. The summed E-state index contributed by atoms with van der Waals surface area (Å²) in [4.78, 5) is 13.0. The Balaban J connectivity index is 1.40. The molecule has 46 heavy (non-hydrogen) atoms. The second kappa shape index (κ2) is 13.5. The number of methoxy groups -OCH3 is 2. The number of hydrogen-bond acceptors (Lipinski definition) is 17. The fourth-order valence-electron chi connectivity index (χ4n) is 5.28. The monoisotopic (exact) mass is 654 g/mol. The van der Waals surface area contributed by atoms with Gasteiger partial charge in [-0.2, -0.15) is 0 Å². The molecular weight excluding hydrogens is 620 g/mol. The highest BCUT2D eigenvalue weighted by molar-refractivity contribution is 5.86. The molecular formula is C29H34O17. The van der Waals surface area contributed by atoms with Crippen LogP contribution in [0.5, 0.6) is 28.7 Å². The first-order valence-corrected chi connectivity index (χ1v) is 13.9. The third-order valence-corrected chi connectivity index (χ3v) is 7.76. The lowest BCUT2D eigenvalue weighted by atomic mass is 9.97. The van der Waals surface area contributed by atoms with Gasteiger partial charge in [-0.1, -0.05) is 0 Å². The van der Waals surface area contributed by atoms with Crippen molar-refractivity contribution in [1.29, 1.82) is 0 Å². The molecule has 2 saturated heterocycles. The number of hydrogen-bond donors (Lipinski definition) is 9. The normalized spacial score (nSPS) is 31.5. The molecule has 5 rings (SSSR count). The number of rotatable bonds is 9. The zero-order valence-corrected chi connectivity index (χ0v) is 24.4. The molecule has 0 spiro atoms. The second-order valence-corrected chi connectivity index (χ2v) is 10.6. The topological polar surface area (TPSA) is 268 Å². The van der Waals surface area contributed by atoms with Crippen LogP contribution in [0.1, 0.15) is 0 Å². The Morgan fingerprint density at radius 2 is 1.35 bits per heavy atom. The van der Waals surface area contributed by atoms with Crippen molar-refractivity contribution in [3.8, 4) is 40.1 Å². The summed E-state index contributed by atoms with van der Waals surface area (Å²) in [6.07, 6.45) is -16.7. The number of fused-ring (bicyclic) bond motifs is 1. The Morgan fingerprint density at radius 3 is 1.96 bits per heavy atom. The van der Waals surface area contributed by atoms with Gasteiger partial charge in [0.2, 0.25) is 12.0 Å². The number of benzene rings is 2. The fraction of sp³-hybridized carbons (Fsp3) is 0.483. The molecule has 3 heterocycles. The van der Waals surface area contributed by atoms with Crippen molar-refractivity contribution in [2.24, 2.45) is 0 Å². The molecule has 0 saturated carbocycles. The van der Waals surface area contributed by atoms with Crippen molar-refractivity contribution < 1.29 is 78.8 Å². The number of aliphatic hydroxyl groups is 7. The van der Waals surface area contributed by atoms with Gasteiger partial charge in [0.15, 0.2) is 23.2 Å². The van der Waals surface area contributed by atoms with E-state index in [1.54, 1.807) is 0 Å². The number of phenols is 2. The van der Waals surface area contributed by atoms with Crippen molar-refractivity contribution in [3.05, 3.63) is 40.6 Å². The molecule has 0 bridgehead atoms. The number of phenolic OH excluding ortho intramolecular Hbond substituents is 2. The van der Waals surface area contributed by atoms with Gasteiger partial charge in [0, 0.05) is 23.8 Å². The van der Waals surface area contributed by atoms with E-state index in [0.717, 1.165) is 12.1 Å². The highest BCUT2D eigenvalue weighted by Gasteiger charge is 2.51. The van der Waals surface area contributed by atoms with Crippen LogP contribution >= 0.6 is 0 Å². The minimum atomic E-state index is -1.87. The molecule has 2 aromatic carbocycles. The molecule has 252 valence electrons. The lowest BCUT2D eigenvalue weighted by Gasteiger charge is -2.45. The molecule has 17 nitrogen and oxygen atoms in total. The summed E-state index contributed by atoms with van der Waals surface area (Å²) in [6.45, 7) is -1.54. The first-order valence-electron chi connectivity index (χ1n) is 13.9. The summed E-state index contributed by atoms with van der Waals surface area (Å²) in [5.74, 6) is -0.948. The quantitative estimate of drug-likeness (QED) is 0.119. The number of ether oxygens (including phenoxy) is 6. The summed E-state index contributed by atoms with van der Waals surface area (Å²) in [6, 6.07) is 6.15. The lowest BCUT2D eigenvalue weighted by Crippen LogP contribution is -2.65. The maximum atomic E-state index is 13.0. The molecule has 9 N–H and O–H groups in total. The Bertz CT molecular complexity index is 1560. The zero-order valence-electron chi connectivity index (χ0n) is 24.4. The van der Waals surface area contributed by atoms with Crippen LogP contribution in [-0.2, 0) is 14.2 Å². The summed E-state index contributed by atoms with van der Waals surface area (Å²) in [5, 5.41) is 92.1. The third kappa shape index (κ3) is 6.17. The van der Waals surface area contributed by atoms with Crippen molar-refractivity contribution in [2.45, 2.75) is 61.4 Å². The molecule has 2 aliphatic rings. The van der Waals surface area contributed by atoms with Gasteiger partial charge in [0.05, 0.1) is 27.4 Å². The van der Waals surface area contributed by atoms with Gasteiger partial charge in [-0.05, 0) is 12.1 Å². The van der Waals surface area contributed by atoms with E-state index in [2.05, 4.69) is 0 Å². The van der Waals surface area contributed by atoms with Gasteiger partial charge in [0.25, 0.3) is 0 Å². The van der Waals surface area contributed by atoms with Gasteiger partial charge in [0.1, 0.15) is 77.1 Å². The van der Waals surface area contributed by atoms with E-state index in [1.807, 2.05) is 0 Å². The van der Waals surface area contributed by atoms with Crippen molar-refractivity contribution in [2.75, 3.05) is 27.4 Å². The standard InChI is InChI=1S/C29H34O17/c1-40-16-3-10(4-17(41-2)21(16)34)14-7-13(33)20-12(32)5-11(6-15(20)43-14)42-28-26(39)24(37)27(19(9-31)45-28)46-29-25(38)23(36)22(35)18(8-30)44-29/h3-7,18-19,22-32,34-39H,8-9H2,1-2H3. The maximum Gasteiger partial charge on any atom is 0.229 e. The molecule has 1 aromatic heterocycles. The van der Waals surface area contributed by atoms with E-state index in [1.165, 1.54) is 32.4 Å². The third-order valence-electron chi connectivity index (χ3n) is 7.76. The van der Waals surface area contributed by atoms with Crippen molar-refractivity contribution >= 4 is 11.0 Å². The van der Waals surface area contributed by atoms with Gasteiger partial charge in [-0.3, -0.25) is 4.79 Å². The second-order valence-electron chi connectivity index (χ2n) is 10.6. The summed E-state index contributed by atoms with van der Waals surface area (Å²) >= 11 is 0. The van der Waals surface area contributed by atoms with E-state index in [9.17, 15) is 50.8 Å². The van der Waals surface area contributed by atoms with E-state index in [-0.39, 0.29) is 45.3 Å². The van der Waals surface area contributed by atoms with Crippen LogP contribution in [0, 0.1) is 0 Å². The average molecular weight is 655 g/mol. The molecule has 0 aliphatic carbocycles. The van der Waals surface area contributed by atoms with Crippen LogP contribution in [0.3, 0.4) is 0 Å². The highest BCUT2D eigenvalue weighted by atomic mass is 16.7. The first kappa shape index (κ1) is 33.6. The van der Waals surface area contributed by atoms with Crippen LogP contribution < -0.4 is 19.6 Å². The lowest BCUT2D eigenvalue weighted by molar-refractivity contribution is -0.352. The van der Waals surface area contributed by atoms with Gasteiger partial charge < -0.3 is 78.8 Å². The van der Waals surface area contributed by atoms with Gasteiger partial charge in [-0.25, -0.2) is 0 Å². The Hall–Kier alpha value is -3.75. The van der Waals surface area contributed by atoms with Crippen LogP contribution in [0.25, 0.3) is 22.3 Å². The predicted octanol–water partition coefficient (Wildman–Crippen LogP) is -2.11. The molecule has 0 radical (unpaired) electrons. The highest BCUT2D eigenvalue weighted by Crippen LogP contribution is 2.41. The zero-order chi connectivity index (χ0) is 33.4.